The zero-order valence-corrected chi connectivity index (χ0v) is 15.6. The second-order valence-corrected chi connectivity index (χ2v) is 8.76. The highest BCUT2D eigenvalue weighted by atomic mass is 32.2. The van der Waals surface area contributed by atoms with Crippen molar-refractivity contribution in [1.82, 2.24) is 9.78 Å². The molecule has 0 aliphatic carbocycles. The van der Waals surface area contributed by atoms with Crippen LogP contribution in [0.2, 0.25) is 0 Å². The van der Waals surface area contributed by atoms with Gasteiger partial charge in [-0.3, -0.25) is 9.48 Å². The molecule has 0 bridgehead atoms. The van der Waals surface area contributed by atoms with Crippen LogP contribution >= 0.6 is 0 Å². The monoisotopic (exact) mass is 361 g/mol. The summed E-state index contributed by atoms with van der Waals surface area (Å²) in [5, 5.41) is 4.32. The molecule has 2 heterocycles. The SMILES string of the molecule is CCN(C(=O)c1cnn(C2CCS(=O)(=O)C2)c1C)c1cccc(C)c1. The normalized spacial score (nSPS) is 19.1. The van der Waals surface area contributed by atoms with Gasteiger partial charge in [0.1, 0.15) is 0 Å². The predicted molar refractivity (Wildman–Crippen MR) is 97.8 cm³/mol. The average Bonchev–Trinajstić information content (AvgIpc) is 3.10. The average molecular weight is 361 g/mol. The summed E-state index contributed by atoms with van der Waals surface area (Å²) in [6.07, 6.45) is 2.11. The molecule has 1 fully saturated rings. The molecule has 1 aromatic carbocycles. The van der Waals surface area contributed by atoms with Crippen LogP contribution in [-0.2, 0) is 9.84 Å². The first-order chi connectivity index (χ1) is 11.8. The molecule has 2 aromatic rings. The van der Waals surface area contributed by atoms with E-state index in [0.717, 1.165) is 16.9 Å². The van der Waals surface area contributed by atoms with E-state index in [2.05, 4.69) is 5.10 Å². The van der Waals surface area contributed by atoms with Crippen molar-refractivity contribution in [3.05, 3.63) is 47.3 Å². The Hall–Kier alpha value is -2.15. The van der Waals surface area contributed by atoms with E-state index in [1.807, 2.05) is 45.0 Å². The number of rotatable bonds is 4. The van der Waals surface area contributed by atoms with E-state index in [1.165, 1.54) is 0 Å². The number of anilines is 1. The smallest absolute Gasteiger partial charge is 0.261 e. The third kappa shape index (κ3) is 3.46. The number of hydrogen-bond donors (Lipinski definition) is 0. The molecule has 1 saturated heterocycles. The number of benzene rings is 1. The van der Waals surface area contributed by atoms with Crippen molar-refractivity contribution in [2.45, 2.75) is 33.2 Å². The second-order valence-electron chi connectivity index (χ2n) is 6.53. The molecule has 0 N–H and O–H groups in total. The number of carbonyl (C=O) groups is 1. The maximum absolute atomic E-state index is 13.0. The van der Waals surface area contributed by atoms with Gasteiger partial charge in [0.2, 0.25) is 0 Å². The number of hydrogen-bond acceptors (Lipinski definition) is 4. The standard InChI is InChI=1S/C18H23N3O3S/c1-4-20(15-7-5-6-13(2)10-15)18(22)17-11-19-21(14(17)3)16-8-9-25(23,24)12-16/h5-7,10-11,16H,4,8-9,12H2,1-3H3. The topological polar surface area (TPSA) is 72.3 Å². The summed E-state index contributed by atoms with van der Waals surface area (Å²) in [5.41, 5.74) is 3.18. The van der Waals surface area contributed by atoms with Crippen LogP contribution in [0.15, 0.2) is 30.5 Å². The summed E-state index contributed by atoms with van der Waals surface area (Å²) in [7, 11) is -3.00. The molecule has 1 aromatic heterocycles. The van der Waals surface area contributed by atoms with E-state index in [1.54, 1.807) is 15.8 Å². The number of carbonyl (C=O) groups excluding carboxylic acids is 1. The van der Waals surface area contributed by atoms with Crippen LogP contribution in [-0.4, -0.2) is 42.2 Å². The summed E-state index contributed by atoms with van der Waals surface area (Å²) in [6, 6.07) is 7.63. The van der Waals surface area contributed by atoms with Crippen molar-refractivity contribution in [3.63, 3.8) is 0 Å². The molecule has 25 heavy (non-hydrogen) atoms. The highest BCUT2D eigenvalue weighted by molar-refractivity contribution is 7.91. The molecule has 134 valence electrons. The fourth-order valence-corrected chi connectivity index (χ4v) is 5.05. The number of amides is 1. The Morgan fingerprint density at radius 3 is 2.72 bits per heavy atom. The van der Waals surface area contributed by atoms with E-state index in [4.69, 9.17) is 0 Å². The first-order valence-electron chi connectivity index (χ1n) is 8.45. The molecular formula is C18H23N3O3S. The van der Waals surface area contributed by atoms with E-state index in [0.29, 0.717) is 18.5 Å². The quantitative estimate of drug-likeness (QED) is 0.839. The van der Waals surface area contributed by atoms with Crippen LogP contribution in [0.5, 0.6) is 0 Å². The fraction of sp³-hybridized carbons (Fsp3) is 0.444. The van der Waals surface area contributed by atoms with E-state index >= 15 is 0 Å². The highest BCUT2D eigenvalue weighted by Crippen LogP contribution is 2.26. The van der Waals surface area contributed by atoms with Crippen LogP contribution in [0, 0.1) is 13.8 Å². The number of aryl methyl sites for hydroxylation is 1. The van der Waals surface area contributed by atoms with Gasteiger partial charge in [-0.05, 0) is 44.9 Å². The lowest BCUT2D eigenvalue weighted by Crippen LogP contribution is -2.31. The third-order valence-electron chi connectivity index (χ3n) is 4.70. The maximum Gasteiger partial charge on any atom is 0.261 e. The Morgan fingerprint density at radius 1 is 1.36 bits per heavy atom. The molecule has 0 saturated carbocycles. The molecule has 3 rings (SSSR count). The summed E-state index contributed by atoms with van der Waals surface area (Å²) in [5.74, 6) is 0.168. The first kappa shape index (κ1) is 17.7. The summed E-state index contributed by atoms with van der Waals surface area (Å²) < 4.78 is 25.1. The van der Waals surface area contributed by atoms with Crippen molar-refractivity contribution in [3.8, 4) is 0 Å². The Morgan fingerprint density at radius 2 is 2.12 bits per heavy atom. The first-order valence-corrected chi connectivity index (χ1v) is 10.3. The molecule has 1 atom stereocenters. The summed E-state index contributed by atoms with van der Waals surface area (Å²) >= 11 is 0. The van der Waals surface area contributed by atoms with Gasteiger partial charge >= 0.3 is 0 Å². The van der Waals surface area contributed by atoms with Crippen LogP contribution in [0.4, 0.5) is 5.69 Å². The minimum absolute atomic E-state index is 0.0958. The molecule has 7 heteroatoms. The number of aromatic nitrogens is 2. The lowest BCUT2D eigenvalue weighted by molar-refractivity contribution is 0.0987. The minimum Gasteiger partial charge on any atom is -0.309 e. The van der Waals surface area contributed by atoms with Gasteiger partial charge in [-0.15, -0.1) is 0 Å². The lowest BCUT2D eigenvalue weighted by atomic mass is 10.1. The molecule has 1 unspecified atom stereocenters. The van der Waals surface area contributed by atoms with Crippen LogP contribution in [0.3, 0.4) is 0 Å². The highest BCUT2D eigenvalue weighted by Gasteiger charge is 2.32. The zero-order valence-electron chi connectivity index (χ0n) is 14.8. The Labute approximate surface area is 148 Å². The fourth-order valence-electron chi connectivity index (χ4n) is 3.35. The molecule has 1 aliphatic rings. The van der Waals surface area contributed by atoms with Crippen molar-refractivity contribution in [2.75, 3.05) is 23.0 Å². The van der Waals surface area contributed by atoms with E-state index < -0.39 is 9.84 Å². The van der Waals surface area contributed by atoms with Crippen molar-refractivity contribution in [2.24, 2.45) is 0 Å². The van der Waals surface area contributed by atoms with Gasteiger partial charge < -0.3 is 4.90 Å². The van der Waals surface area contributed by atoms with Crippen LogP contribution in [0.25, 0.3) is 0 Å². The summed E-state index contributed by atoms with van der Waals surface area (Å²) in [6.45, 7) is 6.30. The Kier molecular flexibility index (Phi) is 4.69. The van der Waals surface area contributed by atoms with Crippen molar-refractivity contribution >= 4 is 21.4 Å². The Balaban J connectivity index is 1.90. The molecule has 0 radical (unpaired) electrons. The second kappa shape index (κ2) is 6.63. The van der Waals surface area contributed by atoms with E-state index in [9.17, 15) is 13.2 Å². The third-order valence-corrected chi connectivity index (χ3v) is 6.45. The van der Waals surface area contributed by atoms with Gasteiger partial charge in [0.15, 0.2) is 9.84 Å². The molecule has 1 amide bonds. The number of nitrogens with zero attached hydrogens (tertiary/aromatic N) is 3. The zero-order chi connectivity index (χ0) is 18.2. The van der Waals surface area contributed by atoms with Crippen LogP contribution < -0.4 is 4.90 Å². The summed E-state index contributed by atoms with van der Waals surface area (Å²) in [4.78, 5) is 14.7. The van der Waals surface area contributed by atoms with Crippen LogP contribution in [0.1, 0.15) is 41.0 Å². The molecule has 6 nitrogen and oxygen atoms in total. The van der Waals surface area contributed by atoms with Gasteiger partial charge in [0, 0.05) is 17.9 Å². The van der Waals surface area contributed by atoms with Gasteiger partial charge in [-0.1, -0.05) is 12.1 Å². The Bertz CT molecular complexity index is 902. The number of sulfone groups is 1. The van der Waals surface area contributed by atoms with Crippen molar-refractivity contribution in [1.29, 1.82) is 0 Å². The van der Waals surface area contributed by atoms with Gasteiger partial charge in [-0.2, -0.15) is 5.10 Å². The van der Waals surface area contributed by atoms with E-state index in [-0.39, 0.29) is 23.5 Å². The predicted octanol–water partition coefficient (Wildman–Crippen LogP) is 2.53. The molecular weight excluding hydrogens is 338 g/mol. The van der Waals surface area contributed by atoms with Gasteiger partial charge in [0.25, 0.3) is 5.91 Å². The van der Waals surface area contributed by atoms with Gasteiger partial charge in [-0.25, -0.2) is 8.42 Å². The van der Waals surface area contributed by atoms with Gasteiger partial charge in [0.05, 0.1) is 29.3 Å². The lowest BCUT2D eigenvalue weighted by Gasteiger charge is -2.21. The maximum atomic E-state index is 13.0. The molecule has 0 spiro atoms. The largest absolute Gasteiger partial charge is 0.309 e. The molecule has 1 aliphatic heterocycles. The van der Waals surface area contributed by atoms with Crippen molar-refractivity contribution < 1.29 is 13.2 Å². The minimum atomic E-state index is -3.00.